The summed E-state index contributed by atoms with van der Waals surface area (Å²) in [5.41, 5.74) is 2.77. The molecular formula is C22H27N3O3. The number of rotatable bonds is 6. The van der Waals surface area contributed by atoms with Crippen molar-refractivity contribution in [3.8, 4) is 5.75 Å². The van der Waals surface area contributed by atoms with Crippen LogP contribution in [0.2, 0.25) is 0 Å². The van der Waals surface area contributed by atoms with E-state index in [0.29, 0.717) is 25.4 Å². The monoisotopic (exact) mass is 381 g/mol. The molecule has 0 spiro atoms. The van der Waals surface area contributed by atoms with Crippen LogP contribution in [-0.4, -0.2) is 30.5 Å². The van der Waals surface area contributed by atoms with Crippen LogP contribution in [0.3, 0.4) is 0 Å². The fourth-order valence-corrected chi connectivity index (χ4v) is 3.21. The second-order valence-corrected chi connectivity index (χ2v) is 7.27. The lowest BCUT2D eigenvalue weighted by molar-refractivity contribution is -0.135. The normalized spacial score (nSPS) is 16.6. The minimum absolute atomic E-state index is 0.221. The molecule has 1 fully saturated rings. The number of carbonyl (C=O) groups is 2. The van der Waals surface area contributed by atoms with Gasteiger partial charge in [-0.05, 0) is 47.7 Å². The van der Waals surface area contributed by atoms with Crippen molar-refractivity contribution in [2.45, 2.75) is 32.9 Å². The SMILES string of the molecule is COc1ccc(CNC(=O)Nc2ccc(CN3CCC(C)CC3=O)cc2)cc1. The summed E-state index contributed by atoms with van der Waals surface area (Å²) in [5, 5.41) is 5.66. The van der Waals surface area contributed by atoms with E-state index in [1.54, 1.807) is 7.11 Å². The molecule has 1 atom stereocenters. The maximum absolute atomic E-state index is 12.1. The predicted molar refractivity (Wildman–Crippen MR) is 109 cm³/mol. The molecule has 1 aliphatic rings. The number of nitrogens with zero attached hydrogens (tertiary/aromatic N) is 1. The average Bonchev–Trinajstić information content (AvgIpc) is 2.70. The number of nitrogens with one attached hydrogen (secondary N) is 2. The Morgan fingerprint density at radius 2 is 1.79 bits per heavy atom. The molecule has 3 rings (SSSR count). The topological polar surface area (TPSA) is 70.7 Å². The van der Waals surface area contributed by atoms with Crippen LogP contribution in [0.5, 0.6) is 5.75 Å². The van der Waals surface area contributed by atoms with Crippen LogP contribution in [0.15, 0.2) is 48.5 Å². The number of hydrogen-bond donors (Lipinski definition) is 2. The van der Waals surface area contributed by atoms with Crippen molar-refractivity contribution in [3.63, 3.8) is 0 Å². The van der Waals surface area contributed by atoms with Crippen molar-refractivity contribution in [2.24, 2.45) is 5.92 Å². The summed E-state index contributed by atoms with van der Waals surface area (Å²) in [7, 11) is 1.62. The number of amides is 3. The van der Waals surface area contributed by atoms with E-state index in [-0.39, 0.29) is 11.9 Å². The number of ether oxygens (including phenoxy) is 1. The van der Waals surface area contributed by atoms with Crippen LogP contribution in [0.25, 0.3) is 0 Å². The molecule has 1 unspecified atom stereocenters. The summed E-state index contributed by atoms with van der Waals surface area (Å²) in [6.45, 7) is 3.99. The molecule has 2 N–H and O–H groups in total. The van der Waals surface area contributed by atoms with Gasteiger partial charge in [-0.3, -0.25) is 4.79 Å². The zero-order chi connectivity index (χ0) is 19.9. The minimum Gasteiger partial charge on any atom is -0.497 e. The molecule has 0 radical (unpaired) electrons. The van der Waals surface area contributed by atoms with Gasteiger partial charge >= 0.3 is 6.03 Å². The zero-order valence-electron chi connectivity index (χ0n) is 16.4. The minimum atomic E-state index is -0.260. The van der Waals surface area contributed by atoms with E-state index in [2.05, 4.69) is 17.6 Å². The van der Waals surface area contributed by atoms with Crippen LogP contribution in [0.4, 0.5) is 10.5 Å². The number of likely N-dealkylation sites (tertiary alicyclic amines) is 1. The quantitative estimate of drug-likeness (QED) is 0.800. The molecule has 0 aliphatic carbocycles. The molecule has 2 aromatic carbocycles. The molecule has 0 bridgehead atoms. The molecule has 3 amide bonds. The van der Waals surface area contributed by atoms with E-state index in [0.717, 1.165) is 35.5 Å². The fraction of sp³-hybridized carbons (Fsp3) is 0.364. The van der Waals surface area contributed by atoms with E-state index in [1.807, 2.05) is 53.4 Å². The summed E-state index contributed by atoms with van der Waals surface area (Å²) in [6.07, 6.45) is 1.69. The molecule has 6 nitrogen and oxygen atoms in total. The number of urea groups is 1. The highest BCUT2D eigenvalue weighted by atomic mass is 16.5. The van der Waals surface area contributed by atoms with Crippen molar-refractivity contribution in [2.75, 3.05) is 19.0 Å². The van der Waals surface area contributed by atoms with E-state index < -0.39 is 0 Å². The first kappa shape index (κ1) is 19.7. The van der Waals surface area contributed by atoms with Gasteiger partial charge in [-0.15, -0.1) is 0 Å². The Bertz CT molecular complexity index is 803. The molecule has 6 heteroatoms. The Balaban J connectivity index is 1.46. The van der Waals surface area contributed by atoms with Crippen LogP contribution in [-0.2, 0) is 17.9 Å². The fourth-order valence-electron chi connectivity index (χ4n) is 3.21. The molecule has 2 aromatic rings. The molecule has 1 saturated heterocycles. The van der Waals surface area contributed by atoms with Crippen molar-refractivity contribution in [3.05, 3.63) is 59.7 Å². The van der Waals surface area contributed by atoms with Crippen LogP contribution in [0, 0.1) is 5.92 Å². The van der Waals surface area contributed by atoms with Gasteiger partial charge in [0.05, 0.1) is 7.11 Å². The summed E-state index contributed by atoms with van der Waals surface area (Å²) < 4.78 is 5.12. The molecule has 148 valence electrons. The summed E-state index contributed by atoms with van der Waals surface area (Å²) in [5.74, 6) is 1.49. The lowest BCUT2D eigenvalue weighted by Crippen LogP contribution is -2.37. The standard InChI is InChI=1S/C22H27N3O3/c1-16-11-12-25(21(26)13-16)15-18-3-7-19(8-4-18)24-22(27)23-14-17-5-9-20(28-2)10-6-17/h3-10,16H,11-15H2,1-2H3,(H2,23,24,27). The Hall–Kier alpha value is -3.02. The highest BCUT2D eigenvalue weighted by Gasteiger charge is 2.22. The van der Waals surface area contributed by atoms with Gasteiger partial charge in [0, 0.05) is 31.7 Å². The van der Waals surface area contributed by atoms with Crippen molar-refractivity contribution < 1.29 is 14.3 Å². The van der Waals surface area contributed by atoms with Crippen molar-refractivity contribution >= 4 is 17.6 Å². The second-order valence-electron chi connectivity index (χ2n) is 7.27. The Kier molecular flexibility index (Phi) is 6.53. The third-order valence-corrected chi connectivity index (χ3v) is 4.96. The number of benzene rings is 2. The number of carbonyl (C=O) groups excluding carboxylic acids is 2. The smallest absolute Gasteiger partial charge is 0.319 e. The highest BCUT2D eigenvalue weighted by molar-refractivity contribution is 5.89. The number of anilines is 1. The third kappa shape index (κ3) is 5.49. The van der Waals surface area contributed by atoms with Gasteiger partial charge in [0.25, 0.3) is 0 Å². The maximum atomic E-state index is 12.1. The molecule has 1 aliphatic heterocycles. The molecule has 28 heavy (non-hydrogen) atoms. The second kappa shape index (κ2) is 9.26. The highest BCUT2D eigenvalue weighted by Crippen LogP contribution is 2.20. The van der Waals surface area contributed by atoms with Gasteiger partial charge in [0.15, 0.2) is 0 Å². The first-order chi connectivity index (χ1) is 13.5. The Labute approximate surface area is 165 Å². The van der Waals surface area contributed by atoms with Crippen LogP contribution >= 0.6 is 0 Å². The van der Waals surface area contributed by atoms with Crippen LogP contribution < -0.4 is 15.4 Å². The van der Waals surface area contributed by atoms with E-state index >= 15 is 0 Å². The molecular weight excluding hydrogens is 354 g/mol. The first-order valence-corrected chi connectivity index (χ1v) is 9.58. The zero-order valence-corrected chi connectivity index (χ0v) is 16.4. The average molecular weight is 381 g/mol. The maximum Gasteiger partial charge on any atom is 0.319 e. The third-order valence-electron chi connectivity index (χ3n) is 4.96. The Morgan fingerprint density at radius 1 is 1.11 bits per heavy atom. The number of piperidine rings is 1. The van der Waals surface area contributed by atoms with Gasteiger partial charge in [0.1, 0.15) is 5.75 Å². The lowest BCUT2D eigenvalue weighted by Gasteiger charge is -2.30. The Morgan fingerprint density at radius 3 is 2.43 bits per heavy atom. The van der Waals surface area contributed by atoms with Crippen LogP contribution in [0.1, 0.15) is 30.9 Å². The summed E-state index contributed by atoms with van der Waals surface area (Å²) >= 11 is 0. The molecule has 1 heterocycles. The van der Waals surface area contributed by atoms with Gasteiger partial charge in [0.2, 0.25) is 5.91 Å². The van der Waals surface area contributed by atoms with E-state index in [9.17, 15) is 9.59 Å². The summed E-state index contributed by atoms with van der Waals surface area (Å²) in [4.78, 5) is 26.1. The molecule has 0 aromatic heterocycles. The van der Waals surface area contributed by atoms with E-state index in [4.69, 9.17) is 4.74 Å². The molecule has 0 saturated carbocycles. The number of hydrogen-bond acceptors (Lipinski definition) is 3. The first-order valence-electron chi connectivity index (χ1n) is 9.58. The van der Waals surface area contributed by atoms with E-state index in [1.165, 1.54) is 0 Å². The number of methoxy groups -OCH3 is 1. The van der Waals surface area contributed by atoms with Gasteiger partial charge < -0.3 is 20.3 Å². The van der Waals surface area contributed by atoms with Crippen molar-refractivity contribution in [1.82, 2.24) is 10.2 Å². The van der Waals surface area contributed by atoms with Gasteiger partial charge in [-0.25, -0.2) is 4.79 Å². The lowest BCUT2D eigenvalue weighted by atomic mass is 9.98. The predicted octanol–water partition coefficient (Wildman–Crippen LogP) is 3.78. The van der Waals surface area contributed by atoms with Crippen molar-refractivity contribution in [1.29, 1.82) is 0 Å². The van der Waals surface area contributed by atoms with Gasteiger partial charge in [-0.1, -0.05) is 31.2 Å². The largest absolute Gasteiger partial charge is 0.497 e. The van der Waals surface area contributed by atoms with Gasteiger partial charge in [-0.2, -0.15) is 0 Å². The summed E-state index contributed by atoms with van der Waals surface area (Å²) in [6, 6.07) is 14.9.